The smallest absolute Gasteiger partial charge is 0.268 e. The summed E-state index contributed by atoms with van der Waals surface area (Å²) in [5, 5.41) is 6.71. The van der Waals surface area contributed by atoms with Crippen LogP contribution in [0.2, 0.25) is 10.0 Å². The van der Waals surface area contributed by atoms with Crippen molar-refractivity contribution in [2.24, 2.45) is 0 Å². The third-order valence-corrected chi connectivity index (χ3v) is 6.60. The summed E-state index contributed by atoms with van der Waals surface area (Å²) in [5.74, 6) is 0.307. The topological polar surface area (TPSA) is 71.3 Å². The molecule has 176 valence electrons. The summed E-state index contributed by atoms with van der Waals surface area (Å²) in [6.07, 6.45) is 6.78. The van der Waals surface area contributed by atoms with E-state index in [0.29, 0.717) is 27.1 Å². The number of halogens is 2. The molecule has 0 radical (unpaired) electrons. The lowest BCUT2D eigenvalue weighted by Gasteiger charge is -2.23. The molecule has 2 N–H and O–H groups in total. The molecule has 0 unspecified atom stereocenters. The molecule has 1 aliphatic rings. The third-order valence-electron chi connectivity index (χ3n) is 5.86. The number of benzene rings is 2. The van der Waals surface area contributed by atoms with E-state index in [0.717, 1.165) is 36.8 Å². The second-order valence-electron chi connectivity index (χ2n) is 8.52. The molecule has 1 fully saturated rings. The van der Waals surface area contributed by atoms with Crippen LogP contribution in [0.3, 0.4) is 0 Å². The van der Waals surface area contributed by atoms with Crippen molar-refractivity contribution >= 4 is 41.1 Å². The summed E-state index contributed by atoms with van der Waals surface area (Å²) < 4.78 is 5.93. The van der Waals surface area contributed by atoms with Gasteiger partial charge in [-0.15, -0.1) is 0 Å². The minimum atomic E-state index is -0.360. The Morgan fingerprint density at radius 2 is 1.68 bits per heavy atom. The molecule has 1 aliphatic carbocycles. The quantitative estimate of drug-likeness (QED) is 0.369. The van der Waals surface area contributed by atoms with Crippen molar-refractivity contribution < 1.29 is 14.0 Å². The maximum Gasteiger partial charge on any atom is 0.268 e. The number of hydrogen-bond donors (Lipinski definition) is 2. The molecule has 0 atom stereocenters. The van der Waals surface area contributed by atoms with Crippen LogP contribution in [0.5, 0.6) is 0 Å². The van der Waals surface area contributed by atoms with Gasteiger partial charge in [-0.2, -0.15) is 0 Å². The molecule has 2 aromatic carbocycles. The Hall–Kier alpha value is -3.02. The summed E-state index contributed by atoms with van der Waals surface area (Å²) in [7, 11) is 0. The summed E-state index contributed by atoms with van der Waals surface area (Å²) >= 11 is 12.1. The van der Waals surface area contributed by atoms with Gasteiger partial charge in [-0.1, -0.05) is 60.2 Å². The van der Waals surface area contributed by atoms with Gasteiger partial charge in [0.15, 0.2) is 0 Å². The van der Waals surface area contributed by atoms with Gasteiger partial charge in [0.05, 0.1) is 10.0 Å². The zero-order valence-electron chi connectivity index (χ0n) is 18.9. The molecular formula is C27H26Cl2N2O3. The van der Waals surface area contributed by atoms with Gasteiger partial charge in [0.2, 0.25) is 0 Å². The number of nitrogens with one attached hydrogen (secondary N) is 2. The molecule has 0 bridgehead atoms. The lowest BCUT2D eigenvalue weighted by atomic mass is 9.95. The molecule has 34 heavy (non-hydrogen) atoms. The first-order valence-corrected chi connectivity index (χ1v) is 12.1. The Morgan fingerprint density at radius 3 is 2.38 bits per heavy atom. The summed E-state index contributed by atoms with van der Waals surface area (Å²) in [4.78, 5) is 26.0. The molecule has 1 aromatic heterocycles. The van der Waals surface area contributed by atoms with Gasteiger partial charge in [-0.25, -0.2) is 0 Å². The summed E-state index contributed by atoms with van der Waals surface area (Å²) in [6.45, 7) is 1.95. The van der Waals surface area contributed by atoms with E-state index >= 15 is 0 Å². The van der Waals surface area contributed by atoms with Gasteiger partial charge in [-0.05, 0) is 62.2 Å². The van der Waals surface area contributed by atoms with Crippen LogP contribution in [0.1, 0.15) is 53.8 Å². The lowest BCUT2D eigenvalue weighted by molar-refractivity contribution is -0.118. The fourth-order valence-electron chi connectivity index (χ4n) is 3.95. The zero-order chi connectivity index (χ0) is 24.1. The minimum absolute atomic E-state index is 0.101. The number of carbonyl (C=O) groups is 2. The Bertz CT molecular complexity index is 1210. The predicted molar refractivity (Wildman–Crippen MR) is 136 cm³/mol. The van der Waals surface area contributed by atoms with E-state index in [4.69, 9.17) is 27.6 Å². The van der Waals surface area contributed by atoms with Gasteiger partial charge in [-0.3, -0.25) is 9.59 Å². The van der Waals surface area contributed by atoms with Crippen LogP contribution in [0.15, 0.2) is 64.7 Å². The molecule has 0 aliphatic heterocycles. The van der Waals surface area contributed by atoms with Gasteiger partial charge < -0.3 is 15.1 Å². The average Bonchev–Trinajstić information content (AvgIpc) is 3.30. The highest BCUT2D eigenvalue weighted by atomic mass is 35.5. The van der Waals surface area contributed by atoms with Crippen LogP contribution < -0.4 is 10.6 Å². The van der Waals surface area contributed by atoms with Crippen molar-refractivity contribution in [1.82, 2.24) is 10.6 Å². The highest BCUT2D eigenvalue weighted by molar-refractivity contribution is 6.42. The molecule has 7 heteroatoms. The van der Waals surface area contributed by atoms with Gasteiger partial charge in [0.25, 0.3) is 11.8 Å². The van der Waals surface area contributed by atoms with Crippen LogP contribution in [0.4, 0.5) is 0 Å². The molecule has 0 saturated heterocycles. The van der Waals surface area contributed by atoms with Crippen LogP contribution in [0, 0.1) is 6.92 Å². The molecule has 0 spiro atoms. The maximum atomic E-state index is 13.1. The van der Waals surface area contributed by atoms with Gasteiger partial charge in [0, 0.05) is 23.2 Å². The maximum absolute atomic E-state index is 13.1. The fourth-order valence-corrected chi connectivity index (χ4v) is 4.24. The number of furan rings is 1. The van der Waals surface area contributed by atoms with Crippen molar-refractivity contribution in [2.45, 2.75) is 45.1 Å². The van der Waals surface area contributed by atoms with Crippen LogP contribution in [-0.4, -0.2) is 17.9 Å². The summed E-state index contributed by atoms with van der Waals surface area (Å²) in [6, 6.07) is 16.0. The van der Waals surface area contributed by atoms with E-state index in [1.54, 1.807) is 48.5 Å². The Labute approximate surface area is 209 Å². The molecule has 4 rings (SSSR count). The van der Waals surface area contributed by atoms with E-state index in [1.807, 2.05) is 19.1 Å². The first-order chi connectivity index (χ1) is 16.4. The molecule has 3 aromatic rings. The Morgan fingerprint density at radius 1 is 0.941 bits per heavy atom. The van der Waals surface area contributed by atoms with Crippen molar-refractivity contribution in [3.8, 4) is 11.3 Å². The third kappa shape index (κ3) is 6.10. The van der Waals surface area contributed by atoms with Gasteiger partial charge in [0.1, 0.15) is 17.2 Å². The van der Waals surface area contributed by atoms with Crippen LogP contribution in [0.25, 0.3) is 17.4 Å². The number of rotatable bonds is 6. The number of aryl methyl sites for hydroxylation is 1. The van der Waals surface area contributed by atoms with Crippen molar-refractivity contribution in [2.75, 3.05) is 0 Å². The van der Waals surface area contributed by atoms with E-state index in [9.17, 15) is 9.59 Å². The normalized spacial score (nSPS) is 14.6. The second kappa shape index (κ2) is 10.9. The monoisotopic (exact) mass is 496 g/mol. The van der Waals surface area contributed by atoms with E-state index < -0.39 is 0 Å². The predicted octanol–water partition coefficient (Wildman–Crippen LogP) is 6.78. The first kappa shape index (κ1) is 24.1. The summed E-state index contributed by atoms with van der Waals surface area (Å²) in [5.41, 5.74) is 2.41. The SMILES string of the molecule is Cc1ccc(C(=O)N/C(=C/c2ccc(-c3ccc(Cl)c(Cl)c3)o2)C(=O)NC2CCCCC2)cc1. The van der Waals surface area contributed by atoms with Crippen molar-refractivity contribution in [1.29, 1.82) is 0 Å². The second-order valence-corrected chi connectivity index (χ2v) is 9.33. The number of amides is 2. The molecule has 2 amide bonds. The Kier molecular flexibility index (Phi) is 7.76. The van der Waals surface area contributed by atoms with Crippen LogP contribution in [-0.2, 0) is 4.79 Å². The van der Waals surface area contributed by atoms with Crippen LogP contribution >= 0.6 is 23.2 Å². The van der Waals surface area contributed by atoms with Crippen molar-refractivity contribution in [3.05, 3.63) is 87.2 Å². The fraction of sp³-hybridized carbons (Fsp3) is 0.259. The highest BCUT2D eigenvalue weighted by Gasteiger charge is 2.21. The Balaban J connectivity index is 1.59. The van der Waals surface area contributed by atoms with E-state index in [1.165, 1.54) is 6.42 Å². The van der Waals surface area contributed by atoms with E-state index in [2.05, 4.69) is 10.6 Å². The van der Waals surface area contributed by atoms with E-state index in [-0.39, 0.29) is 23.6 Å². The van der Waals surface area contributed by atoms with Crippen molar-refractivity contribution in [3.63, 3.8) is 0 Å². The zero-order valence-corrected chi connectivity index (χ0v) is 20.4. The standard InChI is InChI=1S/C27H26Cl2N2O3/c1-17-7-9-18(10-8-17)26(32)31-24(27(33)30-20-5-3-2-4-6-20)16-21-12-14-25(34-21)19-11-13-22(28)23(29)15-19/h7-16,20H,2-6H2,1H3,(H,30,33)(H,31,32)/b24-16+. The minimum Gasteiger partial charge on any atom is -0.457 e. The highest BCUT2D eigenvalue weighted by Crippen LogP contribution is 2.30. The molecule has 1 saturated carbocycles. The molecular weight excluding hydrogens is 471 g/mol. The van der Waals surface area contributed by atoms with Gasteiger partial charge >= 0.3 is 0 Å². The first-order valence-electron chi connectivity index (χ1n) is 11.3. The largest absolute Gasteiger partial charge is 0.457 e. The number of hydrogen-bond acceptors (Lipinski definition) is 3. The number of carbonyl (C=O) groups excluding carboxylic acids is 2. The molecule has 1 heterocycles. The average molecular weight is 497 g/mol. The molecule has 5 nitrogen and oxygen atoms in total. The lowest BCUT2D eigenvalue weighted by Crippen LogP contribution is -2.41.